The number of likely N-dealkylation sites (N-methyl/N-ethyl adjacent to an activating group) is 1. The fourth-order valence-corrected chi connectivity index (χ4v) is 2.22. The van der Waals surface area contributed by atoms with Crippen molar-refractivity contribution in [3.05, 3.63) is 30.3 Å². The van der Waals surface area contributed by atoms with E-state index in [2.05, 4.69) is 5.32 Å². The second kappa shape index (κ2) is 4.82. The van der Waals surface area contributed by atoms with E-state index in [0.717, 1.165) is 5.75 Å². The average molecular weight is 222 g/mol. The molecule has 0 heterocycles. The molecule has 4 atom stereocenters. The van der Waals surface area contributed by atoms with E-state index in [9.17, 15) is 5.11 Å². The first-order valence-electron chi connectivity index (χ1n) is 5.55. The molecular weight excluding hydrogens is 204 g/mol. The molecule has 16 heavy (non-hydrogen) atoms. The normalized spacial score (nSPS) is 33.9. The molecule has 1 fully saturated rings. The van der Waals surface area contributed by atoms with Crippen molar-refractivity contribution in [2.24, 2.45) is 5.73 Å². The Hall–Kier alpha value is -1.10. The number of ether oxygens (including phenoxy) is 1. The molecule has 2 rings (SSSR count). The molecule has 1 aliphatic carbocycles. The summed E-state index contributed by atoms with van der Waals surface area (Å²) < 4.78 is 5.72. The second-order valence-electron chi connectivity index (χ2n) is 4.17. The lowest BCUT2D eigenvalue weighted by Crippen LogP contribution is -2.46. The first kappa shape index (κ1) is 11.4. The molecule has 0 amide bonds. The number of hydrogen-bond acceptors (Lipinski definition) is 4. The summed E-state index contributed by atoms with van der Waals surface area (Å²) in [5.74, 6) is 0.774. The molecule has 0 spiro atoms. The molecule has 0 bridgehead atoms. The van der Waals surface area contributed by atoms with Gasteiger partial charge in [0.05, 0.1) is 6.04 Å². The Balaban J connectivity index is 2.02. The van der Waals surface area contributed by atoms with Gasteiger partial charge >= 0.3 is 0 Å². The van der Waals surface area contributed by atoms with E-state index in [-0.39, 0.29) is 18.2 Å². The van der Waals surface area contributed by atoms with E-state index < -0.39 is 6.10 Å². The van der Waals surface area contributed by atoms with Crippen LogP contribution in [0.1, 0.15) is 6.42 Å². The lowest BCUT2D eigenvalue weighted by atomic mass is 10.2. The summed E-state index contributed by atoms with van der Waals surface area (Å²) in [7, 11) is 1.80. The van der Waals surface area contributed by atoms with Crippen LogP contribution in [0, 0.1) is 0 Å². The fraction of sp³-hybridized carbons (Fsp3) is 0.500. The first-order chi connectivity index (χ1) is 7.72. The number of nitrogens with two attached hydrogens (primary N) is 1. The number of rotatable bonds is 3. The van der Waals surface area contributed by atoms with Crippen molar-refractivity contribution in [3.63, 3.8) is 0 Å². The molecule has 0 radical (unpaired) electrons. The third kappa shape index (κ3) is 2.19. The zero-order valence-corrected chi connectivity index (χ0v) is 9.34. The molecule has 88 valence electrons. The van der Waals surface area contributed by atoms with E-state index in [4.69, 9.17) is 10.5 Å². The van der Waals surface area contributed by atoms with Crippen LogP contribution in [-0.2, 0) is 0 Å². The largest absolute Gasteiger partial charge is 0.488 e. The van der Waals surface area contributed by atoms with Crippen molar-refractivity contribution in [3.8, 4) is 5.75 Å². The molecule has 0 aliphatic heterocycles. The van der Waals surface area contributed by atoms with Gasteiger partial charge in [-0.2, -0.15) is 0 Å². The lowest BCUT2D eigenvalue weighted by Gasteiger charge is -2.20. The van der Waals surface area contributed by atoms with Gasteiger partial charge in [0, 0.05) is 12.5 Å². The standard InChI is InChI=1S/C12H18N2O2/c1-14-11-9(13)7-10(12(11)15)16-8-5-3-2-4-6-8/h2-6,9-12,14-15H,7,13H2,1H3/t9-,10-,11+,12+/m1/s1. The minimum absolute atomic E-state index is 0.0614. The monoisotopic (exact) mass is 222 g/mol. The van der Waals surface area contributed by atoms with Crippen LogP contribution in [0.3, 0.4) is 0 Å². The van der Waals surface area contributed by atoms with Crippen molar-refractivity contribution in [1.29, 1.82) is 0 Å². The van der Waals surface area contributed by atoms with Crippen molar-refractivity contribution in [1.82, 2.24) is 5.32 Å². The van der Waals surface area contributed by atoms with Crippen molar-refractivity contribution >= 4 is 0 Å². The highest BCUT2D eigenvalue weighted by atomic mass is 16.5. The van der Waals surface area contributed by atoms with Crippen LogP contribution >= 0.6 is 0 Å². The highest BCUT2D eigenvalue weighted by Crippen LogP contribution is 2.24. The van der Waals surface area contributed by atoms with Crippen LogP contribution in [-0.4, -0.2) is 36.4 Å². The Morgan fingerprint density at radius 3 is 2.62 bits per heavy atom. The topological polar surface area (TPSA) is 67.5 Å². The number of aliphatic hydroxyl groups excluding tert-OH is 1. The van der Waals surface area contributed by atoms with Gasteiger partial charge in [-0.3, -0.25) is 0 Å². The molecule has 4 nitrogen and oxygen atoms in total. The van der Waals surface area contributed by atoms with Gasteiger partial charge < -0.3 is 20.9 Å². The molecule has 1 aliphatic rings. The van der Waals surface area contributed by atoms with Gasteiger partial charge in [-0.25, -0.2) is 0 Å². The minimum atomic E-state index is -0.555. The maximum atomic E-state index is 10.0. The van der Waals surface area contributed by atoms with Crippen LogP contribution in [0.25, 0.3) is 0 Å². The smallest absolute Gasteiger partial charge is 0.128 e. The Kier molecular flexibility index (Phi) is 3.43. The zero-order valence-electron chi connectivity index (χ0n) is 9.34. The summed E-state index contributed by atoms with van der Waals surface area (Å²) in [5.41, 5.74) is 5.92. The van der Waals surface area contributed by atoms with Gasteiger partial charge in [0.25, 0.3) is 0 Å². The Bertz CT molecular complexity index is 331. The number of benzene rings is 1. The van der Waals surface area contributed by atoms with E-state index >= 15 is 0 Å². The average Bonchev–Trinajstić information content (AvgIpc) is 2.55. The van der Waals surface area contributed by atoms with Gasteiger partial charge in [0.15, 0.2) is 0 Å². The zero-order chi connectivity index (χ0) is 11.5. The number of nitrogens with one attached hydrogen (secondary N) is 1. The summed E-state index contributed by atoms with van der Waals surface area (Å²) in [6.07, 6.45) is -0.114. The summed E-state index contributed by atoms with van der Waals surface area (Å²) >= 11 is 0. The van der Waals surface area contributed by atoms with Crippen molar-refractivity contribution in [2.45, 2.75) is 30.7 Å². The van der Waals surface area contributed by atoms with Gasteiger partial charge in [-0.15, -0.1) is 0 Å². The van der Waals surface area contributed by atoms with Gasteiger partial charge in [-0.1, -0.05) is 18.2 Å². The Morgan fingerprint density at radius 2 is 2.06 bits per heavy atom. The van der Waals surface area contributed by atoms with Gasteiger partial charge in [0.1, 0.15) is 18.0 Å². The Labute approximate surface area is 95.4 Å². The maximum absolute atomic E-state index is 10.0. The lowest BCUT2D eigenvalue weighted by molar-refractivity contribution is 0.0465. The third-order valence-corrected chi connectivity index (χ3v) is 3.08. The van der Waals surface area contributed by atoms with Crippen LogP contribution in [0.4, 0.5) is 0 Å². The number of hydrogen-bond donors (Lipinski definition) is 3. The highest BCUT2D eigenvalue weighted by molar-refractivity contribution is 5.22. The van der Waals surface area contributed by atoms with Crippen LogP contribution in [0.2, 0.25) is 0 Å². The van der Waals surface area contributed by atoms with E-state index in [0.29, 0.717) is 6.42 Å². The quantitative estimate of drug-likeness (QED) is 0.679. The number of para-hydroxylation sites is 1. The predicted octanol–water partition coefficient (Wildman–Crippen LogP) is 0.114. The second-order valence-corrected chi connectivity index (χ2v) is 4.17. The van der Waals surface area contributed by atoms with Crippen LogP contribution in [0.5, 0.6) is 5.75 Å². The maximum Gasteiger partial charge on any atom is 0.128 e. The molecule has 4 heteroatoms. The highest BCUT2D eigenvalue weighted by Gasteiger charge is 2.41. The van der Waals surface area contributed by atoms with E-state index in [1.54, 1.807) is 7.05 Å². The molecule has 1 aromatic carbocycles. The summed E-state index contributed by atoms with van der Waals surface area (Å²) in [6.45, 7) is 0. The molecule has 0 unspecified atom stereocenters. The van der Waals surface area contributed by atoms with Crippen LogP contribution in [0.15, 0.2) is 30.3 Å². The molecule has 1 saturated carbocycles. The van der Waals surface area contributed by atoms with E-state index in [1.165, 1.54) is 0 Å². The minimum Gasteiger partial charge on any atom is -0.488 e. The SMILES string of the molecule is CN[C@@H]1[C@@H](O)[C@H](Oc2ccccc2)C[C@H]1N. The molecule has 1 aromatic rings. The molecule has 0 aromatic heterocycles. The predicted molar refractivity (Wildman–Crippen MR) is 62.3 cm³/mol. The van der Waals surface area contributed by atoms with Gasteiger partial charge in [0.2, 0.25) is 0 Å². The van der Waals surface area contributed by atoms with Gasteiger partial charge in [-0.05, 0) is 19.2 Å². The summed E-state index contributed by atoms with van der Waals surface area (Å²) in [5, 5.41) is 13.0. The molecular formula is C12H18N2O2. The van der Waals surface area contributed by atoms with Crippen molar-refractivity contribution in [2.75, 3.05) is 7.05 Å². The summed E-state index contributed by atoms with van der Waals surface area (Å²) in [6, 6.07) is 9.36. The van der Waals surface area contributed by atoms with Crippen LogP contribution < -0.4 is 15.8 Å². The first-order valence-corrected chi connectivity index (χ1v) is 5.55. The fourth-order valence-electron chi connectivity index (χ4n) is 2.22. The Morgan fingerprint density at radius 1 is 1.38 bits per heavy atom. The van der Waals surface area contributed by atoms with Crippen molar-refractivity contribution < 1.29 is 9.84 Å². The summed E-state index contributed by atoms with van der Waals surface area (Å²) in [4.78, 5) is 0. The van der Waals surface area contributed by atoms with E-state index in [1.807, 2.05) is 30.3 Å². The molecule has 0 saturated heterocycles. The number of aliphatic hydroxyl groups is 1. The molecule has 4 N–H and O–H groups in total. The third-order valence-electron chi connectivity index (χ3n) is 3.08.